The summed E-state index contributed by atoms with van der Waals surface area (Å²) in [7, 11) is 0. The number of carbonyl (C=O) groups excluding carboxylic acids is 1. The van der Waals surface area contributed by atoms with Gasteiger partial charge in [-0.25, -0.2) is 0 Å². The minimum atomic E-state index is -0.260. The molecule has 0 radical (unpaired) electrons. The molecule has 1 aliphatic carbocycles. The maximum absolute atomic E-state index is 10.8. The van der Waals surface area contributed by atoms with Crippen LogP contribution >= 0.6 is 0 Å². The predicted molar refractivity (Wildman–Crippen MR) is 57.3 cm³/mol. The number of hydrogen-bond donors (Lipinski definition) is 1. The number of primary amides is 1. The highest BCUT2D eigenvalue weighted by molar-refractivity contribution is 5.79. The molecule has 0 aromatic heterocycles. The summed E-state index contributed by atoms with van der Waals surface area (Å²) < 4.78 is 0. The number of unbranched alkanes of at least 4 members (excludes halogenated alkanes) is 2. The first kappa shape index (κ1) is 11.1. The summed E-state index contributed by atoms with van der Waals surface area (Å²) in [6, 6.07) is 0. The second-order valence-corrected chi connectivity index (χ2v) is 4.01. The Morgan fingerprint density at radius 3 is 2.64 bits per heavy atom. The van der Waals surface area contributed by atoms with E-state index < -0.39 is 0 Å². The molecule has 0 heterocycles. The number of amides is 1. The second kappa shape index (κ2) is 5.70. The Labute approximate surface area is 86.2 Å². The second-order valence-electron chi connectivity index (χ2n) is 4.01. The summed E-state index contributed by atoms with van der Waals surface area (Å²) in [4.78, 5) is 10.8. The van der Waals surface area contributed by atoms with Crippen LogP contribution in [0.15, 0.2) is 0 Å². The van der Waals surface area contributed by atoms with Gasteiger partial charge in [-0.05, 0) is 19.3 Å². The molecule has 1 aliphatic rings. The smallest absolute Gasteiger partial charge is 0.232 e. The minimum Gasteiger partial charge on any atom is -0.369 e. The third-order valence-corrected chi connectivity index (χ3v) is 2.77. The van der Waals surface area contributed by atoms with Gasteiger partial charge in [0, 0.05) is 5.92 Å². The van der Waals surface area contributed by atoms with E-state index in [-0.39, 0.29) is 11.8 Å². The van der Waals surface area contributed by atoms with Crippen molar-refractivity contribution in [2.24, 2.45) is 17.6 Å². The van der Waals surface area contributed by atoms with Crippen LogP contribution in [-0.4, -0.2) is 5.91 Å². The molecule has 2 N–H and O–H groups in total. The molecule has 0 aliphatic heterocycles. The molecule has 0 spiro atoms. The summed E-state index contributed by atoms with van der Waals surface area (Å²) in [5.74, 6) is 6.20. The van der Waals surface area contributed by atoms with Crippen LogP contribution in [0, 0.1) is 23.7 Å². The summed E-state index contributed by atoms with van der Waals surface area (Å²) in [6.45, 7) is 2.20. The number of carbonyl (C=O) groups is 1. The molecule has 2 atom stereocenters. The summed E-state index contributed by atoms with van der Waals surface area (Å²) in [5, 5.41) is 0. The molecule has 0 aromatic rings. The fourth-order valence-electron chi connectivity index (χ4n) is 1.80. The van der Waals surface area contributed by atoms with Crippen LogP contribution in [0.3, 0.4) is 0 Å². The van der Waals surface area contributed by atoms with Gasteiger partial charge in [0.2, 0.25) is 5.91 Å². The van der Waals surface area contributed by atoms with Gasteiger partial charge in [-0.2, -0.15) is 0 Å². The van der Waals surface area contributed by atoms with E-state index in [2.05, 4.69) is 18.8 Å². The molecule has 0 saturated carbocycles. The van der Waals surface area contributed by atoms with Crippen molar-refractivity contribution >= 4 is 5.91 Å². The van der Waals surface area contributed by atoms with Crippen molar-refractivity contribution in [3.05, 3.63) is 0 Å². The van der Waals surface area contributed by atoms with Crippen LogP contribution in [0.25, 0.3) is 0 Å². The van der Waals surface area contributed by atoms with Gasteiger partial charge >= 0.3 is 0 Å². The monoisotopic (exact) mass is 193 g/mol. The van der Waals surface area contributed by atoms with Gasteiger partial charge in [0.25, 0.3) is 0 Å². The standard InChI is InChI=1S/C12H19NO/c1-2-3-4-5-10-6-8-11(9-7-10)12(13)14/h10-11H,2-6,8H2,1H3,(H2,13,14). The van der Waals surface area contributed by atoms with Gasteiger partial charge in [0.1, 0.15) is 0 Å². The Morgan fingerprint density at radius 1 is 1.36 bits per heavy atom. The van der Waals surface area contributed by atoms with E-state index in [1.54, 1.807) is 0 Å². The van der Waals surface area contributed by atoms with Crippen molar-refractivity contribution in [3.63, 3.8) is 0 Å². The Morgan fingerprint density at radius 2 is 2.14 bits per heavy atom. The van der Waals surface area contributed by atoms with Crippen molar-refractivity contribution in [2.75, 3.05) is 0 Å². The highest BCUT2D eigenvalue weighted by Crippen LogP contribution is 2.21. The number of hydrogen-bond acceptors (Lipinski definition) is 1. The Kier molecular flexibility index (Phi) is 4.52. The molecule has 78 valence electrons. The largest absolute Gasteiger partial charge is 0.369 e. The molecule has 0 fully saturated rings. The molecule has 2 heteroatoms. The Balaban J connectivity index is 2.30. The van der Waals surface area contributed by atoms with Gasteiger partial charge in [0.05, 0.1) is 5.92 Å². The highest BCUT2D eigenvalue weighted by Gasteiger charge is 2.18. The molecule has 1 rings (SSSR count). The molecule has 1 amide bonds. The van der Waals surface area contributed by atoms with Gasteiger partial charge < -0.3 is 5.73 Å². The average molecular weight is 193 g/mol. The van der Waals surface area contributed by atoms with Crippen LogP contribution < -0.4 is 5.73 Å². The fraction of sp³-hybridized carbons (Fsp3) is 0.750. The van der Waals surface area contributed by atoms with Crippen molar-refractivity contribution < 1.29 is 4.79 Å². The third kappa shape index (κ3) is 3.41. The first-order valence-corrected chi connectivity index (χ1v) is 5.54. The molecular weight excluding hydrogens is 174 g/mol. The van der Waals surface area contributed by atoms with Gasteiger partial charge in [-0.1, -0.05) is 38.0 Å². The lowest BCUT2D eigenvalue weighted by Crippen LogP contribution is -2.24. The van der Waals surface area contributed by atoms with E-state index >= 15 is 0 Å². The zero-order valence-electron chi connectivity index (χ0n) is 8.88. The fourth-order valence-corrected chi connectivity index (χ4v) is 1.80. The summed E-state index contributed by atoms with van der Waals surface area (Å²) in [5.41, 5.74) is 5.19. The van der Waals surface area contributed by atoms with E-state index in [0.717, 1.165) is 12.8 Å². The van der Waals surface area contributed by atoms with Crippen LogP contribution in [0.2, 0.25) is 0 Å². The van der Waals surface area contributed by atoms with E-state index in [1.165, 1.54) is 25.7 Å². The predicted octanol–water partition coefficient (Wildman–Crippen LogP) is 2.08. The first-order chi connectivity index (χ1) is 6.74. The molecular formula is C12H19NO. The lowest BCUT2D eigenvalue weighted by atomic mass is 9.87. The number of rotatable bonds is 5. The van der Waals surface area contributed by atoms with Crippen molar-refractivity contribution in [2.45, 2.75) is 45.4 Å². The van der Waals surface area contributed by atoms with Crippen molar-refractivity contribution in [1.82, 2.24) is 0 Å². The molecule has 0 bridgehead atoms. The zero-order chi connectivity index (χ0) is 10.4. The van der Waals surface area contributed by atoms with Gasteiger partial charge in [0.15, 0.2) is 0 Å². The maximum Gasteiger partial charge on any atom is 0.232 e. The van der Waals surface area contributed by atoms with Crippen LogP contribution in [-0.2, 0) is 4.79 Å². The SMILES string of the molecule is CCCCCC1C#CC(C(N)=O)CC1. The average Bonchev–Trinajstić information content (AvgIpc) is 2.19. The molecule has 2 nitrogen and oxygen atoms in total. The zero-order valence-corrected chi connectivity index (χ0v) is 8.88. The van der Waals surface area contributed by atoms with Gasteiger partial charge in [-0.15, -0.1) is 0 Å². The molecule has 0 aromatic carbocycles. The molecule has 2 unspecified atom stereocenters. The normalized spacial score (nSPS) is 25.2. The summed E-state index contributed by atoms with van der Waals surface area (Å²) in [6.07, 6.45) is 6.90. The molecule has 14 heavy (non-hydrogen) atoms. The first-order valence-electron chi connectivity index (χ1n) is 5.54. The Bertz CT molecular complexity index is 249. The maximum atomic E-state index is 10.8. The van der Waals surface area contributed by atoms with Crippen molar-refractivity contribution in [3.8, 4) is 11.8 Å². The Hall–Kier alpha value is -0.970. The van der Waals surface area contributed by atoms with E-state index in [0.29, 0.717) is 5.92 Å². The number of nitrogens with two attached hydrogens (primary N) is 1. The van der Waals surface area contributed by atoms with E-state index in [9.17, 15) is 4.79 Å². The minimum absolute atomic E-state index is 0.183. The third-order valence-electron chi connectivity index (χ3n) is 2.77. The molecule has 0 saturated heterocycles. The van der Waals surface area contributed by atoms with Crippen LogP contribution in [0.4, 0.5) is 0 Å². The quantitative estimate of drug-likeness (QED) is 0.527. The van der Waals surface area contributed by atoms with E-state index in [1.807, 2.05) is 0 Å². The van der Waals surface area contributed by atoms with E-state index in [4.69, 9.17) is 5.73 Å². The van der Waals surface area contributed by atoms with Crippen molar-refractivity contribution in [1.29, 1.82) is 0 Å². The lowest BCUT2D eigenvalue weighted by molar-refractivity contribution is -0.120. The summed E-state index contributed by atoms with van der Waals surface area (Å²) >= 11 is 0. The lowest BCUT2D eigenvalue weighted by Gasteiger charge is -2.16. The highest BCUT2D eigenvalue weighted by atomic mass is 16.1. The van der Waals surface area contributed by atoms with Crippen LogP contribution in [0.5, 0.6) is 0 Å². The van der Waals surface area contributed by atoms with Gasteiger partial charge in [-0.3, -0.25) is 4.79 Å². The topological polar surface area (TPSA) is 43.1 Å². The van der Waals surface area contributed by atoms with Crippen LogP contribution in [0.1, 0.15) is 45.4 Å².